The van der Waals surface area contributed by atoms with Crippen LogP contribution in [0.15, 0.2) is 22.6 Å². The summed E-state index contributed by atoms with van der Waals surface area (Å²) in [6, 6.07) is 4.97. The van der Waals surface area contributed by atoms with Gasteiger partial charge >= 0.3 is 0 Å². The number of halogens is 1. The summed E-state index contributed by atoms with van der Waals surface area (Å²) < 4.78 is 26.0. The van der Waals surface area contributed by atoms with Crippen molar-refractivity contribution in [3.8, 4) is 0 Å². The number of fused-ring (bicyclic) bond motifs is 1. The number of hydrogen-bond donors (Lipinski definition) is 1. The predicted octanol–water partition coefficient (Wildman–Crippen LogP) is 3.06. The van der Waals surface area contributed by atoms with Gasteiger partial charge in [0.05, 0.1) is 12.1 Å². The normalized spacial score (nSPS) is 22.3. The predicted molar refractivity (Wildman–Crippen MR) is 109 cm³/mol. The summed E-state index contributed by atoms with van der Waals surface area (Å²) in [5.41, 5.74) is 1.99. The molecule has 0 saturated carbocycles. The van der Waals surface area contributed by atoms with E-state index in [-0.39, 0.29) is 17.4 Å². The van der Waals surface area contributed by atoms with Crippen LogP contribution in [0.3, 0.4) is 0 Å². The molecule has 1 aromatic heterocycles. The number of aromatic nitrogens is 1. The van der Waals surface area contributed by atoms with E-state index in [2.05, 4.69) is 5.32 Å². The van der Waals surface area contributed by atoms with E-state index in [9.17, 15) is 9.18 Å². The van der Waals surface area contributed by atoms with Gasteiger partial charge in [0.2, 0.25) is 0 Å². The lowest BCUT2D eigenvalue weighted by atomic mass is 9.97. The maximum Gasteiger partial charge on any atom is 0.257 e. The van der Waals surface area contributed by atoms with Gasteiger partial charge in [0.1, 0.15) is 17.3 Å². The van der Waals surface area contributed by atoms with Crippen LogP contribution < -0.4 is 5.32 Å². The van der Waals surface area contributed by atoms with Gasteiger partial charge in [-0.2, -0.15) is 0 Å². The average Bonchev–Trinajstić information content (AvgIpc) is 3.44. The standard InChI is InChI=1S/C23H28FN3O3/c24-19-2-1-15(11-16-3-7-25-13-16)12-18(19)23(28)27-8-4-21-20(14-27)26-22(30-21)17-5-9-29-10-6-17/h1-2,12,16-17,25H,3-11,13-14H2. The van der Waals surface area contributed by atoms with Gasteiger partial charge in [-0.05, 0) is 62.4 Å². The third kappa shape index (κ3) is 4.01. The number of hydrogen-bond acceptors (Lipinski definition) is 5. The van der Waals surface area contributed by atoms with E-state index in [1.807, 2.05) is 0 Å². The zero-order valence-corrected chi connectivity index (χ0v) is 17.2. The molecular formula is C23H28FN3O3. The molecule has 1 N–H and O–H groups in total. The Hall–Kier alpha value is -2.25. The van der Waals surface area contributed by atoms with E-state index in [4.69, 9.17) is 14.1 Å². The first-order valence-electron chi connectivity index (χ1n) is 11.0. The molecule has 1 unspecified atom stereocenters. The molecule has 0 spiro atoms. The molecule has 6 nitrogen and oxygen atoms in total. The highest BCUT2D eigenvalue weighted by atomic mass is 19.1. The Bertz CT molecular complexity index is 916. The Morgan fingerprint density at radius 1 is 1.27 bits per heavy atom. The van der Waals surface area contributed by atoms with Crippen molar-refractivity contribution in [2.45, 2.75) is 44.6 Å². The van der Waals surface area contributed by atoms with Gasteiger partial charge in [-0.15, -0.1) is 0 Å². The van der Waals surface area contributed by atoms with Crippen molar-refractivity contribution in [2.24, 2.45) is 5.92 Å². The maximum absolute atomic E-state index is 14.5. The monoisotopic (exact) mass is 413 g/mol. The minimum atomic E-state index is -0.456. The third-order valence-corrected chi connectivity index (χ3v) is 6.55. The van der Waals surface area contributed by atoms with E-state index in [0.717, 1.165) is 74.9 Å². The number of amides is 1. The number of rotatable bonds is 4. The molecule has 3 aliphatic rings. The van der Waals surface area contributed by atoms with Gasteiger partial charge in [0.25, 0.3) is 5.91 Å². The Morgan fingerprint density at radius 2 is 2.13 bits per heavy atom. The van der Waals surface area contributed by atoms with Crippen molar-refractivity contribution >= 4 is 5.91 Å². The molecule has 30 heavy (non-hydrogen) atoms. The maximum atomic E-state index is 14.5. The summed E-state index contributed by atoms with van der Waals surface area (Å²) in [7, 11) is 0. The van der Waals surface area contributed by atoms with Crippen LogP contribution >= 0.6 is 0 Å². The largest absolute Gasteiger partial charge is 0.445 e. The summed E-state index contributed by atoms with van der Waals surface area (Å²) in [6.07, 6.45) is 4.44. The smallest absolute Gasteiger partial charge is 0.257 e. The first-order valence-corrected chi connectivity index (χ1v) is 11.0. The van der Waals surface area contributed by atoms with Crippen molar-refractivity contribution in [1.29, 1.82) is 0 Å². The van der Waals surface area contributed by atoms with Crippen LogP contribution in [0.2, 0.25) is 0 Å². The van der Waals surface area contributed by atoms with Crippen LogP contribution in [0.25, 0.3) is 0 Å². The number of ether oxygens (including phenoxy) is 1. The molecule has 4 heterocycles. The van der Waals surface area contributed by atoms with Crippen LogP contribution in [0.5, 0.6) is 0 Å². The Kier molecular flexibility index (Phi) is 5.56. The highest BCUT2D eigenvalue weighted by molar-refractivity contribution is 5.94. The van der Waals surface area contributed by atoms with Crippen molar-refractivity contribution in [3.63, 3.8) is 0 Å². The number of benzene rings is 1. The van der Waals surface area contributed by atoms with E-state index < -0.39 is 5.82 Å². The quantitative estimate of drug-likeness (QED) is 0.835. The average molecular weight is 413 g/mol. The van der Waals surface area contributed by atoms with Crippen molar-refractivity contribution in [3.05, 3.63) is 52.5 Å². The summed E-state index contributed by atoms with van der Waals surface area (Å²) >= 11 is 0. The number of nitrogens with zero attached hydrogens (tertiary/aromatic N) is 2. The molecule has 7 heteroatoms. The van der Waals surface area contributed by atoms with Gasteiger partial charge < -0.3 is 19.4 Å². The number of carbonyl (C=O) groups excluding carboxylic acids is 1. The van der Waals surface area contributed by atoms with Crippen LogP contribution in [0.4, 0.5) is 4.39 Å². The summed E-state index contributed by atoms with van der Waals surface area (Å²) in [5, 5.41) is 3.36. The molecule has 0 bridgehead atoms. The lowest BCUT2D eigenvalue weighted by Gasteiger charge is -2.25. The van der Waals surface area contributed by atoms with Crippen molar-refractivity contribution < 1.29 is 18.3 Å². The molecule has 1 aromatic carbocycles. The van der Waals surface area contributed by atoms with Crippen molar-refractivity contribution in [1.82, 2.24) is 15.2 Å². The zero-order valence-electron chi connectivity index (χ0n) is 17.2. The van der Waals surface area contributed by atoms with E-state index in [1.54, 1.807) is 17.0 Å². The third-order valence-electron chi connectivity index (χ3n) is 6.55. The summed E-state index contributed by atoms with van der Waals surface area (Å²) in [6.45, 7) is 4.36. The SMILES string of the molecule is O=C(c1cc(CC2CCNC2)ccc1F)N1CCc2oc(C3CCOCC3)nc2C1. The van der Waals surface area contributed by atoms with Gasteiger partial charge in [-0.3, -0.25) is 4.79 Å². The second kappa shape index (κ2) is 8.47. The minimum absolute atomic E-state index is 0.162. The fraction of sp³-hybridized carbons (Fsp3) is 0.565. The van der Waals surface area contributed by atoms with Crippen LogP contribution in [0, 0.1) is 11.7 Å². The second-order valence-corrected chi connectivity index (χ2v) is 8.66. The molecule has 2 aromatic rings. The number of carbonyl (C=O) groups is 1. The van der Waals surface area contributed by atoms with E-state index in [0.29, 0.717) is 25.4 Å². The molecule has 160 valence electrons. The molecule has 1 atom stereocenters. The van der Waals surface area contributed by atoms with E-state index in [1.165, 1.54) is 6.07 Å². The summed E-state index contributed by atoms with van der Waals surface area (Å²) in [5.74, 6) is 1.74. The highest BCUT2D eigenvalue weighted by Gasteiger charge is 2.30. The first-order chi connectivity index (χ1) is 14.7. The topological polar surface area (TPSA) is 67.6 Å². The van der Waals surface area contributed by atoms with Crippen molar-refractivity contribution in [2.75, 3.05) is 32.8 Å². The molecule has 0 aliphatic carbocycles. The Balaban J connectivity index is 1.30. The van der Waals surface area contributed by atoms with Crippen LogP contribution in [0.1, 0.15) is 58.4 Å². The lowest BCUT2D eigenvalue weighted by Crippen LogP contribution is -2.36. The molecular weight excluding hydrogens is 385 g/mol. The van der Waals surface area contributed by atoms with Crippen LogP contribution in [-0.4, -0.2) is 48.6 Å². The molecule has 2 fully saturated rings. The minimum Gasteiger partial charge on any atom is -0.445 e. The molecule has 5 rings (SSSR count). The molecule has 0 radical (unpaired) electrons. The van der Waals surface area contributed by atoms with Crippen LogP contribution in [-0.2, 0) is 24.1 Å². The van der Waals surface area contributed by atoms with Gasteiger partial charge in [0.15, 0.2) is 5.89 Å². The molecule has 2 saturated heterocycles. The lowest BCUT2D eigenvalue weighted by molar-refractivity contribution is 0.0721. The fourth-order valence-corrected chi connectivity index (χ4v) is 4.77. The fourth-order valence-electron chi connectivity index (χ4n) is 4.77. The second-order valence-electron chi connectivity index (χ2n) is 8.66. The zero-order chi connectivity index (χ0) is 20.5. The molecule has 1 amide bonds. The Labute approximate surface area is 175 Å². The summed E-state index contributed by atoms with van der Waals surface area (Å²) in [4.78, 5) is 19.5. The number of oxazole rings is 1. The molecule has 3 aliphatic heterocycles. The Morgan fingerprint density at radius 3 is 2.93 bits per heavy atom. The van der Waals surface area contributed by atoms with Gasteiger partial charge in [-0.25, -0.2) is 9.37 Å². The van der Waals surface area contributed by atoms with Gasteiger partial charge in [-0.1, -0.05) is 6.07 Å². The highest BCUT2D eigenvalue weighted by Crippen LogP contribution is 2.30. The first kappa shape index (κ1) is 19.7. The number of nitrogens with one attached hydrogen (secondary N) is 1. The van der Waals surface area contributed by atoms with Gasteiger partial charge in [0, 0.05) is 32.1 Å². The van der Waals surface area contributed by atoms with E-state index >= 15 is 0 Å².